The number of carbonyl (C=O) groups is 1. The first kappa shape index (κ1) is 15.8. The Morgan fingerprint density at radius 3 is 2.81 bits per heavy atom. The first-order valence-electron chi connectivity index (χ1n) is 6.86. The van der Waals surface area contributed by atoms with Crippen LogP contribution in [0.25, 0.3) is 0 Å². The molecule has 1 fully saturated rings. The molecule has 1 aliphatic rings. The summed E-state index contributed by atoms with van der Waals surface area (Å²) in [5, 5.41) is 0.329. The number of aromatic nitrogens is 1. The van der Waals surface area contributed by atoms with Crippen molar-refractivity contribution < 1.29 is 14.3 Å². The first-order valence-corrected chi connectivity index (χ1v) is 7.23. The van der Waals surface area contributed by atoms with E-state index >= 15 is 0 Å². The number of ketones is 1. The van der Waals surface area contributed by atoms with Crippen LogP contribution in [0.4, 0.5) is 0 Å². The van der Waals surface area contributed by atoms with E-state index in [0.717, 1.165) is 12.8 Å². The van der Waals surface area contributed by atoms with Crippen molar-refractivity contribution in [2.75, 3.05) is 27.3 Å². The van der Waals surface area contributed by atoms with E-state index < -0.39 is 0 Å². The van der Waals surface area contributed by atoms with Crippen molar-refractivity contribution >= 4 is 17.4 Å². The van der Waals surface area contributed by atoms with Gasteiger partial charge in [-0.3, -0.25) is 4.79 Å². The number of allylic oxidation sites excluding steroid dienone is 1. The van der Waals surface area contributed by atoms with E-state index in [1.807, 2.05) is 14.1 Å². The van der Waals surface area contributed by atoms with E-state index in [0.29, 0.717) is 29.9 Å². The van der Waals surface area contributed by atoms with Gasteiger partial charge in [0.1, 0.15) is 10.9 Å². The number of carbonyl (C=O) groups excluding carboxylic acids is 1. The fourth-order valence-corrected chi connectivity index (χ4v) is 2.27. The summed E-state index contributed by atoms with van der Waals surface area (Å²) in [6, 6.07) is 3.26. The van der Waals surface area contributed by atoms with Crippen molar-refractivity contribution in [3.63, 3.8) is 0 Å². The van der Waals surface area contributed by atoms with Crippen LogP contribution in [0.2, 0.25) is 5.15 Å². The molecule has 0 saturated carbocycles. The maximum atomic E-state index is 12.6. The third kappa shape index (κ3) is 4.72. The molecule has 0 unspecified atom stereocenters. The fraction of sp³-hybridized carbons (Fsp3) is 0.467. The zero-order chi connectivity index (χ0) is 15.2. The van der Waals surface area contributed by atoms with Crippen molar-refractivity contribution in [3.8, 4) is 5.75 Å². The molecule has 1 aliphatic heterocycles. The van der Waals surface area contributed by atoms with Crippen LogP contribution in [-0.4, -0.2) is 43.0 Å². The molecular formula is C15H19ClN2O3. The maximum Gasteiger partial charge on any atom is 0.202 e. The fourth-order valence-electron chi connectivity index (χ4n) is 2.11. The molecule has 0 spiro atoms. The molecule has 1 aromatic heterocycles. The Morgan fingerprint density at radius 2 is 2.19 bits per heavy atom. The number of hydrogen-bond donors (Lipinski definition) is 0. The molecule has 1 aromatic rings. The van der Waals surface area contributed by atoms with Crippen LogP contribution >= 0.6 is 11.6 Å². The molecular weight excluding hydrogens is 292 g/mol. The molecule has 5 nitrogen and oxygen atoms in total. The standard InChI is InChI=1S/C15H19ClN2O3/c1-18(2)10-13(15(19)11-4-7-20-8-5-11)21-12-3-6-17-14(16)9-12/h3,6,9-11H,4-5,7-8H2,1-2H3. The third-order valence-corrected chi connectivity index (χ3v) is 3.34. The molecule has 2 rings (SSSR count). The van der Waals surface area contributed by atoms with Crippen LogP contribution < -0.4 is 4.74 Å². The summed E-state index contributed by atoms with van der Waals surface area (Å²) in [6.45, 7) is 1.24. The molecule has 0 atom stereocenters. The van der Waals surface area contributed by atoms with Crippen molar-refractivity contribution in [3.05, 3.63) is 35.4 Å². The Hall–Kier alpha value is -1.59. The van der Waals surface area contributed by atoms with Gasteiger partial charge in [0.05, 0.1) is 0 Å². The van der Waals surface area contributed by atoms with E-state index in [4.69, 9.17) is 21.1 Å². The Balaban J connectivity index is 2.16. The Kier molecular flexibility index (Phi) is 5.59. The van der Waals surface area contributed by atoms with Gasteiger partial charge in [-0.25, -0.2) is 4.98 Å². The van der Waals surface area contributed by atoms with Crippen molar-refractivity contribution in [2.24, 2.45) is 5.92 Å². The number of halogens is 1. The molecule has 0 radical (unpaired) electrons. The van der Waals surface area contributed by atoms with E-state index in [1.165, 1.54) is 0 Å². The highest BCUT2D eigenvalue weighted by atomic mass is 35.5. The van der Waals surface area contributed by atoms with Crippen LogP contribution in [0.1, 0.15) is 12.8 Å². The minimum atomic E-state index is -0.0535. The van der Waals surface area contributed by atoms with Gasteiger partial charge in [-0.05, 0) is 18.9 Å². The van der Waals surface area contributed by atoms with E-state index in [2.05, 4.69) is 4.98 Å². The van der Waals surface area contributed by atoms with Gasteiger partial charge < -0.3 is 14.4 Å². The summed E-state index contributed by atoms with van der Waals surface area (Å²) < 4.78 is 11.0. The molecule has 0 aliphatic carbocycles. The zero-order valence-electron chi connectivity index (χ0n) is 12.2. The van der Waals surface area contributed by atoms with Crippen molar-refractivity contribution in [2.45, 2.75) is 12.8 Å². The normalized spacial score (nSPS) is 16.6. The molecule has 114 valence electrons. The topological polar surface area (TPSA) is 51.7 Å². The second kappa shape index (κ2) is 7.43. The lowest BCUT2D eigenvalue weighted by atomic mass is 9.94. The van der Waals surface area contributed by atoms with Gasteiger partial charge in [-0.2, -0.15) is 0 Å². The summed E-state index contributed by atoms with van der Waals surface area (Å²) in [7, 11) is 3.69. The van der Waals surface area contributed by atoms with Gasteiger partial charge in [0.25, 0.3) is 0 Å². The minimum Gasteiger partial charge on any atom is -0.452 e. The molecule has 0 aromatic carbocycles. The molecule has 2 heterocycles. The molecule has 0 bridgehead atoms. The predicted molar refractivity (Wildman–Crippen MR) is 80.2 cm³/mol. The Labute approximate surface area is 129 Å². The quantitative estimate of drug-likeness (QED) is 0.475. The van der Waals surface area contributed by atoms with E-state index in [1.54, 1.807) is 29.4 Å². The van der Waals surface area contributed by atoms with Crippen LogP contribution in [0, 0.1) is 5.92 Å². The van der Waals surface area contributed by atoms with E-state index in [-0.39, 0.29) is 11.7 Å². The molecule has 21 heavy (non-hydrogen) atoms. The number of Topliss-reactive ketones (excluding diaryl/α,β-unsaturated/α-hetero) is 1. The Morgan fingerprint density at radius 1 is 1.48 bits per heavy atom. The smallest absolute Gasteiger partial charge is 0.202 e. The highest BCUT2D eigenvalue weighted by Crippen LogP contribution is 2.23. The van der Waals surface area contributed by atoms with E-state index in [9.17, 15) is 4.79 Å². The average molecular weight is 311 g/mol. The lowest BCUT2D eigenvalue weighted by Crippen LogP contribution is -2.27. The third-order valence-electron chi connectivity index (χ3n) is 3.14. The Bertz CT molecular complexity index is 525. The number of rotatable bonds is 5. The number of hydrogen-bond acceptors (Lipinski definition) is 5. The van der Waals surface area contributed by atoms with Gasteiger partial charge in [0.2, 0.25) is 5.78 Å². The van der Waals surface area contributed by atoms with Gasteiger partial charge in [-0.15, -0.1) is 0 Å². The number of pyridine rings is 1. The second-order valence-corrected chi connectivity index (χ2v) is 5.51. The van der Waals surface area contributed by atoms with Crippen LogP contribution in [0.3, 0.4) is 0 Å². The lowest BCUT2D eigenvalue weighted by molar-refractivity contribution is -0.124. The van der Waals surface area contributed by atoms with Gasteiger partial charge in [0.15, 0.2) is 5.76 Å². The van der Waals surface area contributed by atoms with Gasteiger partial charge in [-0.1, -0.05) is 11.6 Å². The average Bonchev–Trinajstić information content (AvgIpc) is 2.46. The monoisotopic (exact) mass is 310 g/mol. The predicted octanol–water partition coefficient (Wildman–Crippen LogP) is 2.51. The SMILES string of the molecule is CN(C)C=C(Oc1ccnc(Cl)c1)C(=O)C1CCOCC1. The van der Waals surface area contributed by atoms with Gasteiger partial charge >= 0.3 is 0 Å². The summed E-state index contributed by atoms with van der Waals surface area (Å²) in [5.74, 6) is 0.764. The largest absolute Gasteiger partial charge is 0.452 e. The minimum absolute atomic E-state index is 0.0000605. The van der Waals surface area contributed by atoms with Crippen molar-refractivity contribution in [1.29, 1.82) is 0 Å². The first-order chi connectivity index (χ1) is 10.1. The summed E-state index contributed by atoms with van der Waals surface area (Å²) in [5.41, 5.74) is 0. The molecule has 6 heteroatoms. The lowest BCUT2D eigenvalue weighted by Gasteiger charge is -2.22. The second-order valence-electron chi connectivity index (χ2n) is 5.12. The molecule has 0 N–H and O–H groups in total. The van der Waals surface area contributed by atoms with Crippen LogP contribution in [0.5, 0.6) is 5.75 Å². The van der Waals surface area contributed by atoms with Crippen LogP contribution in [0.15, 0.2) is 30.3 Å². The molecule has 0 amide bonds. The maximum absolute atomic E-state index is 12.6. The summed E-state index contributed by atoms with van der Waals surface area (Å²) in [4.78, 5) is 18.3. The number of ether oxygens (including phenoxy) is 2. The number of nitrogens with zero attached hydrogens (tertiary/aromatic N) is 2. The zero-order valence-corrected chi connectivity index (χ0v) is 13.0. The highest BCUT2D eigenvalue weighted by Gasteiger charge is 2.26. The summed E-state index contributed by atoms with van der Waals surface area (Å²) >= 11 is 5.84. The summed E-state index contributed by atoms with van der Waals surface area (Å²) in [6.07, 6.45) is 4.68. The highest BCUT2D eigenvalue weighted by molar-refractivity contribution is 6.29. The van der Waals surface area contributed by atoms with Gasteiger partial charge in [0, 0.05) is 51.7 Å². The van der Waals surface area contributed by atoms with Crippen LogP contribution in [-0.2, 0) is 9.53 Å². The molecule has 1 saturated heterocycles. The van der Waals surface area contributed by atoms with Crippen molar-refractivity contribution in [1.82, 2.24) is 9.88 Å².